The van der Waals surface area contributed by atoms with Crippen molar-refractivity contribution in [1.82, 2.24) is 0 Å². The molecule has 1 nitrogen and oxygen atoms in total. The summed E-state index contributed by atoms with van der Waals surface area (Å²) in [6.45, 7) is 2.53. The topological polar surface area (TPSA) is 17.1 Å². The lowest BCUT2D eigenvalue weighted by atomic mass is 9.54. The second kappa shape index (κ2) is 3.78. The van der Waals surface area contributed by atoms with Crippen molar-refractivity contribution in [3.63, 3.8) is 0 Å². The predicted octanol–water partition coefficient (Wildman–Crippen LogP) is 4.37. The second-order valence-electron chi connectivity index (χ2n) is 8.43. The highest BCUT2D eigenvalue weighted by molar-refractivity contribution is 5.91. The minimum absolute atomic E-state index is 0.402. The summed E-state index contributed by atoms with van der Waals surface area (Å²) in [5.41, 5.74) is 2.34. The van der Waals surface area contributed by atoms with Crippen molar-refractivity contribution in [2.75, 3.05) is 0 Å². The van der Waals surface area contributed by atoms with Gasteiger partial charge >= 0.3 is 0 Å². The lowest BCUT2D eigenvalue weighted by Crippen LogP contribution is -2.43. The van der Waals surface area contributed by atoms with Crippen molar-refractivity contribution < 1.29 is 4.79 Å². The van der Waals surface area contributed by atoms with Crippen molar-refractivity contribution in [1.29, 1.82) is 0 Å². The van der Waals surface area contributed by atoms with Crippen LogP contribution < -0.4 is 0 Å². The minimum Gasteiger partial charge on any atom is -0.295 e. The van der Waals surface area contributed by atoms with Crippen LogP contribution in [-0.4, -0.2) is 5.78 Å². The van der Waals surface area contributed by atoms with Crippen molar-refractivity contribution in [2.45, 2.75) is 58.3 Å². The Morgan fingerprint density at radius 3 is 2.70 bits per heavy atom. The largest absolute Gasteiger partial charge is 0.295 e. The van der Waals surface area contributed by atoms with Crippen LogP contribution in [0.1, 0.15) is 58.3 Å². The smallest absolute Gasteiger partial charge is 0.155 e. The highest BCUT2D eigenvalue weighted by Crippen LogP contribution is 2.78. The molecule has 108 valence electrons. The molecule has 0 bridgehead atoms. The fraction of sp³-hybridized carbons (Fsp3) is 0.842. The van der Waals surface area contributed by atoms with Crippen LogP contribution in [0.2, 0.25) is 0 Å². The molecule has 0 amide bonds. The summed E-state index contributed by atoms with van der Waals surface area (Å²) in [5.74, 6) is 6.32. The van der Waals surface area contributed by atoms with E-state index in [-0.39, 0.29) is 0 Å². The summed E-state index contributed by atoms with van der Waals surface area (Å²) >= 11 is 0. The fourth-order valence-corrected chi connectivity index (χ4v) is 7.52. The maximum atomic E-state index is 11.7. The van der Waals surface area contributed by atoms with E-state index in [2.05, 4.69) is 6.92 Å². The Balaban J connectivity index is 1.47. The predicted molar refractivity (Wildman–Crippen MR) is 79.1 cm³/mol. The number of allylic oxidation sites excluding steroid dienone is 1. The number of hydrogen-bond donors (Lipinski definition) is 0. The molecule has 0 aromatic heterocycles. The van der Waals surface area contributed by atoms with Crippen LogP contribution in [0.5, 0.6) is 0 Å². The van der Waals surface area contributed by atoms with Crippen LogP contribution in [0.4, 0.5) is 0 Å². The normalized spacial score (nSPS) is 56.2. The Hall–Kier alpha value is -0.590. The van der Waals surface area contributed by atoms with Crippen LogP contribution in [-0.2, 0) is 4.79 Å². The summed E-state index contributed by atoms with van der Waals surface area (Å²) in [7, 11) is 0. The van der Waals surface area contributed by atoms with E-state index in [9.17, 15) is 4.79 Å². The molecule has 4 fully saturated rings. The van der Waals surface area contributed by atoms with Gasteiger partial charge in [-0.1, -0.05) is 12.5 Å². The van der Waals surface area contributed by atoms with Gasteiger partial charge < -0.3 is 0 Å². The van der Waals surface area contributed by atoms with Gasteiger partial charge in [-0.2, -0.15) is 0 Å². The van der Waals surface area contributed by atoms with Gasteiger partial charge in [-0.3, -0.25) is 4.79 Å². The zero-order valence-electron chi connectivity index (χ0n) is 12.6. The molecule has 1 heteroatoms. The van der Waals surface area contributed by atoms with Gasteiger partial charge in [0.2, 0.25) is 0 Å². The first-order chi connectivity index (χ1) is 9.72. The number of fused-ring (bicyclic) bond motifs is 4. The number of hydrogen-bond acceptors (Lipinski definition) is 1. The first kappa shape index (κ1) is 12.0. The Morgan fingerprint density at radius 1 is 1.00 bits per heavy atom. The quantitative estimate of drug-likeness (QED) is 0.638. The molecule has 7 atom stereocenters. The molecule has 0 radical (unpaired) electrons. The Bertz CT molecular complexity index is 504. The third-order valence-corrected chi connectivity index (χ3v) is 8.30. The Morgan fingerprint density at radius 2 is 1.85 bits per heavy atom. The number of carbonyl (C=O) groups is 1. The molecule has 0 N–H and O–H groups in total. The van der Waals surface area contributed by atoms with E-state index in [0.717, 1.165) is 47.3 Å². The molecule has 0 aliphatic heterocycles. The van der Waals surface area contributed by atoms with Gasteiger partial charge in [-0.25, -0.2) is 0 Å². The molecule has 5 aliphatic rings. The van der Waals surface area contributed by atoms with E-state index < -0.39 is 0 Å². The maximum Gasteiger partial charge on any atom is 0.155 e. The van der Waals surface area contributed by atoms with E-state index in [1.54, 1.807) is 0 Å². The summed E-state index contributed by atoms with van der Waals surface area (Å²) in [4.78, 5) is 11.7. The van der Waals surface area contributed by atoms with Gasteiger partial charge in [-0.15, -0.1) is 0 Å². The van der Waals surface area contributed by atoms with Gasteiger partial charge in [0.15, 0.2) is 5.78 Å². The standard InChI is InChI=1S/C19H26O/c1-11-17-6-7-18-16-4-2-12-10-13(20)3-5-14(12)15(16)8-9-19(11,17)18/h10-11,14-18H,2-9H2,1H3. The SMILES string of the molecule is CC1C2CCC3C4CCC5=CC(=O)CCC5C4CCC132. The molecule has 1 spiro atoms. The molecule has 4 saturated carbocycles. The van der Waals surface area contributed by atoms with Crippen molar-refractivity contribution >= 4 is 5.78 Å². The summed E-state index contributed by atoms with van der Waals surface area (Å²) in [5, 5.41) is 0. The monoisotopic (exact) mass is 270 g/mol. The average Bonchev–Trinajstić information content (AvgIpc) is 2.84. The van der Waals surface area contributed by atoms with Crippen molar-refractivity contribution in [2.24, 2.45) is 40.9 Å². The third-order valence-electron chi connectivity index (χ3n) is 8.30. The Labute approximate surface area is 122 Å². The number of rotatable bonds is 0. The van der Waals surface area contributed by atoms with Crippen LogP contribution in [0.15, 0.2) is 11.6 Å². The highest BCUT2D eigenvalue weighted by atomic mass is 16.1. The first-order valence-electron chi connectivity index (χ1n) is 8.95. The van der Waals surface area contributed by atoms with Crippen molar-refractivity contribution in [3.8, 4) is 0 Å². The van der Waals surface area contributed by atoms with E-state index in [4.69, 9.17) is 0 Å². The van der Waals surface area contributed by atoms with Crippen molar-refractivity contribution in [3.05, 3.63) is 11.6 Å². The van der Waals surface area contributed by atoms with Gasteiger partial charge in [0.1, 0.15) is 0 Å². The average molecular weight is 270 g/mol. The van der Waals surface area contributed by atoms with Gasteiger partial charge in [0, 0.05) is 6.42 Å². The van der Waals surface area contributed by atoms with E-state index in [0.29, 0.717) is 5.78 Å². The van der Waals surface area contributed by atoms with E-state index >= 15 is 0 Å². The molecule has 20 heavy (non-hydrogen) atoms. The van der Waals surface area contributed by atoms with Crippen LogP contribution >= 0.6 is 0 Å². The zero-order chi connectivity index (χ0) is 13.5. The molecule has 5 aliphatic carbocycles. The first-order valence-corrected chi connectivity index (χ1v) is 8.95. The molecule has 5 rings (SSSR count). The number of carbonyl (C=O) groups excluding carboxylic acids is 1. The molecule has 7 unspecified atom stereocenters. The van der Waals surface area contributed by atoms with E-state index in [1.165, 1.54) is 50.5 Å². The second-order valence-corrected chi connectivity index (χ2v) is 8.43. The summed E-state index contributed by atoms with van der Waals surface area (Å²) in [6.07, 6.45) is 12.7. The van der Waals surface area contributed by atoms with Gasteiger partial charge in [0.25, 0.3) is 0 Å². The minimum atomic E-state index is 0.402. The summed E-state index contributed by atoms with van der Waals surface area (Å²) < 4.78 is 0. The van der Waals surface area contributed by atoms with Crippen LogP contribution in [0.25, 0.3) is 0 Å². The highest BCUT2D eigenvalue weighted by Gasteiger charge is 2.71. The molecule has 0 heterocycles. The number of ketones is 1. The molecular weight excluding hydrogens is 244 g/mol. The molecule has 0 saturated heterocycles. The molecule has 0 aromatic carbocycles. The van der Waals surface area contributed by atoms with E-state index in [1.807, 2.05) is 6.08 Å². The lowest BCUT2D eigenvalue weighted by molar-refractivity contribution is -0.115. The Kier molecular flexibility index (Phi) is 2.27. The summed E-state index contributed by atoms with van der Waals surface area (Å²) in [6, 6.07) is 0. The third kappa shape index (κ3) is 1.28. The maximum absolute atomic E-state index is 11.7. The molecular formula is C19H26O. The molecule has 0 aromatic rings. The van der Waals surface area contributed by atoms with Crippen LogP contribution in [0.3, 0.4) is 0 Å². The van der Waals surface area contributed by atoms with Crippen LogP contribution in [0, 0.1) is 40.9 Å². The van der Waals surface area contributed by atoms with Gasteiger partial charge in [0.05, 0.1) is 0 Å². The fourth-order valence-electron chi connectivity index (χ4n) is 7.52. The lowest BCUT2D eigenvalue weighted by Gasteiger charge is -2.50. The van der Waals surface area contributed by atoms with Gasteiger partial charge in [-0.05, 0) is 91.9 Å². The zero-order valence-corrected chi connectivity index (χ0v) is 12.6.